The van der Waals surface area contributed by atoms with Gasteiger partial charge in [-0.1, -0.05) is 36.9 Å². The van der Waals surface area contributed by atoms with Crippen molar-refractivity contribution in [1.29, 1.82) is 0 Å². The number of hydrogen-bond donors (Lipinski definition) is 2. The van der Waals surface area contributed by atoms with Gasteiger partial charge in [0.05, 0.1) is 0 Å². The van der Waals surface area contributed by atoms with Gasteiger partial charge in [-0.05, 0) is 17.4 Å². The first-order valence-electron chi connectivity index (χ1n) is 7.22. The molecular formula is C12H26N4OP+. The minimum absolute atomic E-state index is 0.294. The zero-order chi connectivity index (χ0) is 13.0. The Bertz CT molecular complexity index is 255. The van der Waals surface area contributed by atoms with Crippen LogP contribution in [-0.4, -0.2) is 48.3 Å². The molecule has 2 saturated heterocycles. The second kappa shape index (κ2) is 6.92. The molecule has 2 aliphatic heterocycles. The lowest BCUT2D eigenvalue weighted by molar-refractivity contribution is 0.332. The van der Waals surface area contributed by atoms with Crippen molar-refractivity contribution in [2.45, 2.75) is 51.9 Å². The Morgan fingerprint density at radius 3 is 1.61 bits per heavy atom. The second-order valence-corrected chi connectivity index (χ2v) is 6.34. The Kier molecular flexibility index (Phi) is 5.52. The predicted octanol–water partition coefficient (Wildman–Crippen LogP) is 1.71. The maximum Gasteiger partial charge on any atom is 0.535 e. The Balaban J connectivity index is 1.74. The van der Waals surface area contributed by atoms with Crippen molar-refractivity contribution in [2.75, 3.05) is 26.2 Å². The van der Waals surface area contributed by atoms with E-state index in [-0.39, 0.29) is 0 Å². The van der Waals surface area contributed by atoms with Crippen LogP contribution >= 0.6 is 8.10 Å². The Hall–Kier alpha value is -0.0600. The molecule has 0 aromatic heterocycles. The van der Waals surface area contributed by atoms with E-state index in [1.54, 1.807) is 0 Å². The first-order chi connectivity index (χ1) is 8.74. The monoisotopic (exact) mass is 273 g/mol. The fourth-order valence-corrected chi connectivity index (χ4v) is 3.45. The smallest absolute Gasteiger partial charge is 0.282 e. The highest BCUT2D eigenvalue weighted by molar-refractivity contribution is 7.40. The lowest BCUT2D eigenvalue weighted by Crippen LogP contribution is -2.38. The largest absolute Gasteiger partial charge is 0.535 e. The van der Waals surface area contributed by atoms with E-state index in [4.69, 9.17) is 0 Å². The minimum atomic E-state index is -1.50. The van der Waals surface area contributed by atoms with Crippen LogP contribution in [0.2, 0.25) is 0 Å². The number of hydrogen-bond acceptors (Lipinski definition) is 3. The molecular weight excluding hydrogens is 247 g/mol. The van der Waals surface area contributed by atoms with Crippen molar-refractivity contribution in [2.24, 2.45) is 0 Å². The van der Waals surface area contributed by atoms with Gasteiger partial charge in [0.15, 0.2) is 0 Å². The van der Waals surface area contributed by atoms with Crippen LogP contribution in [0.5, 0.6) is 0 Å². The Morgan fingerprint density at radius 2 is 1.33 bits per heavy atom. The average Bonchev–Trinajstić information content (AvgIpc) is 3.17. The number of nitrogens with one attached hydrogen (secondary N) is 2. The highest BCUT2D eigenvalue weighted by atomic mass is 31.1. The van der Waals surface area contributed by atoms with E-state index in [0.717, 1.165) is 51.9 Å². The molecule has 104 valence electrons. The van der Waals surface area contributed by atoms with E-state index >= 15 is 0 Å². The molecule has 2 unspecified atom stereocenters. The van der Waals surface area contributed by atoms with Crippen molar-refractivity contribution in [3.63, 3.8) is 0 Å². The van der Waals surface area contributed by atoms with Crippen molar-refractivity contribution < 1.29 is 4.57 Å². The van der Waals surface area contributed by atoms with E-state index in [0.29, 0.717) is 12.3 Å². The molecule has 2 N–H and O–H groups in total. The predicted molar refractivity (Wildman–Crippen MR) is 74.4 cm³/mol. The number of nitrogens with zero attached hydrogens (tertiary/aromatic N) is 2. The van der Waals surface area contributed by atoms with Gasteiger partial charge >= 0.3 is 8.10 Å². The molecule has 2 aliphatic rings. The van der Waals surface area contributed by atoms with Crippen LogP contribution in [0.15, 0.2) is 0 Å². The van der Waals surface area contributed by atoms with Crippen LogP contribution in [0, 0.1) is 0 Å². The highest BCUT2D eigenvalue weighted by Crippen LogP contribution is 2.23. The third-order valence-corrected chi connectivity index (χ3v) is 4.57. The van der Waals surface area contributed by atoms with Crippen LogP contribution in [-0.2, 0) is 4.57 Å². The molecule has 18 heavy (non-hydrogen) atoms. The van der Waals surface area contributed by atoms with E-state index in [2.05, 4.69) is 33.8 Å². The fourth-order valence-electron chi connectivity index (χ4n) is 2.25. The third kappa shape index (κ3) is 4.56. The molecule has 0 aliphatic carbocycles. The summed E-state index contributed by atoms with van der Waals surface area (Å²) in [6.07, 6.45) is 4.99. The highest BCUT2D eigenvalue weighted by Gasteiger charge is 2.37. The summed E-state index contributed by atoms with van der Waals surface area (Å²) >= 11 is 0. The molecule has 0 radical (unpaired) electrons. The van der Waals surface area contributed by atoms with Gasteiger partial charge in [-0.2, -0.15) is 0 Å². The summed E-state index contributed by atoms with van der Waals surface area (Å²) in [4.78, 5) is 4.68. The van der Waals surface area contributed by atoms with E-state index in [1.165, 1.54) is 0 Å². The van der Waals surface area contributed by atoms with E-state index in [9.17, 15) is 4.57 Å². The van der Waals surface area contributed by atoms with Crippen LogP contribution in [0.3, 0.4) is 0 Å². The molecule has 0 amide bonds. The fraction of sp³-hybridized carbons (Fsp3) is 1.00. The SMILES string of the molecule is CCCC(N[P+](=O)NC(CCC)N1CC1)N1CC1. The van der Waals surface area contributed by atoms with Gasteiger partial charge in [0.2, 0.25) is 0 Å². The topological polar surface area (TPSA) is 47.1 Å². The molecule has 0 aromatic rings. The summed E-state index contributed by atoms with van der Waals surface area (Å²) in [5.74, 6) is 0. The van der Waals surface area contributed by atoms with Gasteiger partial charge in [0.25, 0.3) is 0 Å². The first kappa shape index (κ1) is 14.4. The summed E-state index contributed by atoms with van der Waals surface area (Å²) in [5.41, 5.74) is 0. The Morgan fingerprint density at radius 1 is 0.944 bits per heavy atom. The van der Waals surface area contributed by atoms with Crippen LogP contribution in [0.25, 0.3) is 0 Å². The first-order valence-corrected chi connectivity index (χ1v) is 8.48. The van der Waals surface area contributed by atoms with Crippen LogP contribution in [0.4, 0.5) is 0 Å². The minimum Gasteiger partial charge on any atom is -0.282 e. The Labute approximate surface area is 111 Å². The molecule has 2 atom stereocenters. The molecule has 5 nitrogen and oxygen atoms in total. The third-order valence-electron chi connectivity index (χ3n) is 3.50. The lowest BCUT2D eigenvalue weighted by Gasteiger charge is -2.15. The van der Waals surface area contributed by atoms with Gasteiger partial charge in [0, 0.05) is 26.2 Å². The summed E-state index contributed by atoms with van der Waals surface area (Å²) in [7, 11) is -1.50. The molecule has 2 heterocycles. The van der Waals surface area contributed by atoms with Crippen molar-refractivity contribution >= 4 is 8.10 Å². The van der Waals surface area contributed by atoms with Crippen LogP contribution in [0.1, 0.15) is 39.5 Å². The van der Waals surface area contributed by atoms with Crippen molar-refractivity contribution in [3.05, 3.63) is 0 Å². The van der Waals surface area contributed by atoms with E-state index < -0.39 is 8.10 Å². The second-order valence-electron chi connectivity index (χ2n) is 5.23. The van der Waals surface area contributed by atoms with Crippen molar-refractivity contribution in [1.82, 2.24) is 20.0 Å². The molecule has 0 saturated carbocycles. The zero-order valence-corrected chi connectivity index (χ0v) is 12.5. The molecule has 2 fully saturated rings. The maximum atomic E-state index is 12.2. The van der Waals surface area contributed by atoms with Gasteiger partial charge in [-0.3, -0.25) is 9.80 Å². The maximum absolute atomic E-state index is 12.2. The summed E-state index contributed by atoms with van der Waals surface area (Å²) in [6, 6.07) is 0. The standard InChI is InChI=1S/C12H26N4OP/c1-3-5-11(15-7-8-15)13-18(17)14-12(6-4-2)16-9-10-16/h11-12H,3-10H2,1-2H3,(H2,13,14,17)/q+1. The zero-order valence-electron chi connectivity index (χ0n) is 11.6. The number of rotatable bonds is 10. The summed E-state index contributed by atoms with van der Waals surface area (Å²) in [5, 5.41) is 6.50. The molecule has 6 heteroatoms. The summed E-state index contributed by atoms with van der Waals surface area (Å²) in [6.45, 7) is 8.93. The van der Waals surface area contributed by atoms with Gasteiger partial charge in [-0.25, -0.2) is 0 Å². The lowest BCUT2D eigenvalue weighted by atomic mass is 10.3. The van der Waals surface area contributed by atoms with Crippen LogP contribution < -0.4 is 10.2 Å². The summed E-state index contributed by atoms with van der Waals surface area (Å²) < 4.78 is 12.2. The molecule has 0 bridgehead atoms. The van der Waals surface area contributed by atoms with Gasteiger partial charge in [0.1, 0.15) is 12.3 Å². The molecule has 0 aromatic carbocycles. The van der Waals surface area contributed by atoms with Crippen molar-refractivity contribution in [3.8, 4) is 0 Å². The van der Waals surface area contributed by atoms with E-state index in [1.807, 2.05) is 0 Å². The molecule has 2 rings (SSSR count). The quantitative estimate of drug-likeness (QED) is 0.469. The van der Waals surface area contributed by atoms with Gasteiger partial charge in [-0.15, -0.1) is 0 Å². The van der Waals surface area contributed by atoms with Gasteiger partial charge < -0.3 is 0 Å². The average molecular weight is 273 g/mol. The normalized spacial score (nSPS) is 23.8. The molecule has 0 spiro atoms.